The van der Waals surface area contributed by atoms with Gasteiger partial charge in [0.15, 0.2) is 5.82 Å². The molecule has 0 aliphatic heterocycles. The predicted molar refractivity (Wildman–Crippen MR) is 121 cm³/mol. The molecule has 1 aliphatic carbocycles. The smallest absolute Gasteiger partial charge is 0.275 e. The second-order valence-electron chi connectivity index (χ2n) is 8.26. The molecular formula is C23H24N8O2. The van der Waals surface area contributed by atoms with E-state index in [1.807, 2.05) is 24.6 Å². The standard InChI is InChI=1S/C23H24N8O2/c1-14-9-24-18(8-20(14)30-10-19(26-13-30)16-6-7-16)23(33)29-21-5-3-4-17(28-21)22-25-12-27-31(22)15(2)11-32/h3-5,8-10,12-13,15-16,32H,6-7,11H2,1-2H3,(H,28,29,33)/t15-/m1/s1. The third kappa shape index (κ3) is 4.24. The summed E-state index contributed by atoms with van der Waals surface area (Å²) >= 11 is 0. The summed E-state index contributed by atoms with van der Waals surface area (Å²) < 4.78 is 3.54. The number of carbonyl (C=O) groups is 1. The Labute approximate surface area is 190 Å². The first-order valence-corrected chi connectivity index (χ1v) is 10.8. The largest absolute Gasteiger partial charge is 0.394 e. The van der Waals surface area contributed by atoms with Crippen LogP contribution in [0.4, 0.5) is 5.82 Å². The second kappa shape index (κ2) is 8.55. The molecule has 1 atom stereocenters. The fraction of sp³-hybridized carbons (Fsp3) is 0.304. The Balaban J connectivity index is 1.38. The van der Waals surface area contributed by atoms with Gasteiger partial charge in [-0.25, -0.2) is 19.6 Å². The van der Waals surface area contributed by atoms with E-state index < -0.39 is 0 Å². The topological polar surface area (TPSA) is 124 Å². The molecule has 33 heavy (non-hydrogen) atoms. The molecule has 0 unspecified atom stereocenters. The molecule has 1 aliphatic rings. The Morgan fingerprint density at radius 2 is 2.12 bits per heavy atom. The molecule has 1 fully saturated rings. The fourth-order valence-corrected chi connectivity index (χ4v) is 3.62. The molecule has 1 amide bonds. The summed E-state index contributed by atoms with van der Waals surface area (Å²) in [6.07, 6.45) is 9.27. The van der Waals surface area contributed by atoms with Gasteiger partial charge in [0, 0.05) is 18.3 Å². The van der Waals surface area contributed by atoms with Crippen molar-refractivity contribution in [1.82, 2.24) is 34.3 Å². The number of pyridine rings is 2. The Morgan fingerprint density at radius 1 is 1.27 bits per heavy atom. The Kier molecular flexibility index (Phi) is 5.43. The highest BCUT2D eigenvalue weighted by Gasteiger charge is 2.26. The molecule has 0 bridgehead atoms. The second-order valence-corrected chi connectivity index (χ2v) is 8.26. The van der Waals surface area contributed by atoms with Crippen molar-refractivity contribution in [2.75, 3.05) is 11.9 Å². The summed E-state index contributed by atoms with van der Waals surface area (Å²) in [6, 6.07) is 6.76. The SMILES string of the molecule is Cc1cnc(C(=O)Nc2cccc(-c3ncnn3[C@H](C)CO)n2)cc1-n1cnc(C2CC2)c1. The zero-order valence-electron chi connectivity index (χ0n) is 18.4. The Morgan fingerprint density at radius 3 is 2.91 bits per heavy atom. The molecule has 0 radical (unpaired) electrons. The average molecular weight is 444 g/mol. The molecule has 4 aromatic rings. The normalized spacial score (nSPS) is 14.3. The van der Waals surface area contributed by atoms with Crippen molar-refractivity contribution in [3.05, 3.63) is 66.3 Å². The first kappa shape index (κ1) is 21.0. The van der Waals surface area contributed by atoms with E-state index in [1.54, 1.807) is 41.5 Å². The number of nitrogens with zero attached hydrogens (tertiary/aromatic N) is 7. The minimum Gasteiger partial charge on any atom is -0.394 e. The van der Waals surface area contributed by atoms with Gasteiger partial charge in [0.2, 0.25) is 0 Å². The summed E-state index contributed by atoms with van der Waals surface area (Å²) in [5.74, 6) is 1.07. The summed E-state index contributed by atoms with van der Waals surface area (Å²) in [7, 11) is 0. The van der Waals surface area contributed by atoms with Crippen molar-refractivity contribution in [2.45, 2.75) is 38.6 Å². The maximum absolute atomic E-state index is 12.9. The van der Waals surface area contributed by atoms with Crippen LogP contribution in [0.2, 0.25) is 0 Å². The van der Waals surface area contributed by atoms with Gasteiger partial charge in [-0.2, -0.15) is 5.10 Å². The lowest BCUT2D eigenvalue weighted by Gasteiger charge is -2.12. The van der Waals surface area contributed by atoms with Crippen LogP contribution in [-0.2, 0) is 0 Å². The first-order valence-electron chi connectivity index (χ1n) is 10.8. The van der Waals surface area contributed by atoms with E-state index >= 15 is 0 Å². The Hall–Kier alpha value is -3.92. The van der Waals surface area contributed by atoms with Crippen molar-refractivity contribution in [2.24, 2.45) is 0 Å². The maximum atomic E-state index is 12.9. The van der Waals surface area contributed by atoms with E-state index in [9.17, 15) is 9.90 Å². The third-order valence-electron chi connectivity index (χ3n) is 5.66. The number of aliphatic hydroxyl groups is 1. The van der Waals surface area contributed by atoms with Gasteiger partial charge in [-0.1, -0.05) is 6.07 Å². The number of nitrogens with one attached hydrogen (secondary N) is 1. The maximum Gasteiger partial charge on any atom is 0.275 e. The fourth-order valence-electron chi connectivity index (χ4n) is 3.62. The lowest BCUT2D eigenvalue weighted by molar-refractivity contribution is 0.102. The number of carbonyl (C=O) groups excluding carboxylic acids is 1. The predicted octanol–water partition coefficient (Wildman–Crippen LogP) is 2.91. The van der Waals surface area contributed by atoms with Crippen molar-refractivity contribution < 1.29 is 9.90 Å². The van der Waals surface area contributed by atoms with Gasteiger partial charge in [-0.15, -0.1) is 0 Å². The lowest BCUT2D eigenvalue weighted by atomic mass is 10.2. The summed E-state index contributed by atoms with van der Waals surface area (Å²) in [4.78, 5) is 30.5. The van der Waals surface area contributed by atoms with Gasteiger partial charge in [-0.3, -0.25) is 9.78 Å². The van der Waals surface area contributed by atoms with Crippen LogP contribution in [0, 0.1) is 6.92 Å². The molecular weight excluding hydrogens is 420 g/mol. The zero-order valence-corrected chi connectivity index (χ0v) is 18.4. The van der Waals surface area contributed by atoms with E-state index in [1.165, 1.54) is 19.2 Å². The first-order chi connectivity index (χ1) is 16.0. The van der Waals surface area contributed by atoms with Gasteiger partial charge in [0.25, 0.3) is 5.91 Å². The number of rotatable bonds is 7. The van der Waals surface area contributed by atoms with E-state index in [0.717, 1.165) is 16.9 Å². The number of hydrogen-bond donors (Lipinski definition) is 2. The zero-order chi connectivity index (χ0) is 22.9. The van der Waals surface area contributed by atoms with Gasteiger partial charge >= 0.3 is 0 Å². The molecule has 0 spiro atoms. The molecule has 10 heteroatoms. The molecule has 10 nitrogen and oxygen atoms in total. The van der Waals surface area contributed by atoms with Crippen molar-refractivity contribution in [1.29, 1.82) is 0 Å². The molecule has 4 heterocycles. The highest BCUT2D eigenvalue weighted by Crippen LogP contribution is 2.39. The van der Waals surface area contributed by atoms with Crippen LogP contribution >= 0.6 is 0 Å². The molecule has 168 valence electrons. The number of aryl methyl sites for hydroxylation is 1. The monoisotopic (exact) mass is 444 g/mol. The number of aromatic nitrogens is 7. The van der Waals surface area contributed by atoms with Crippen molar-refractivity contribution in [3.8, 4) is 17.2 Å². The number of anilines is 1. The minimum atomic E-state index is -0.367. The Bertz CT molecular complexity index is 1310. The van der Waals surface area contributed by atoms with Crippen LogP contribution in [0.3, 0.4) is 0 Å². The summed E-state index contributed by atoms with van der Waals surface area (Å²) in [5, 5.41) is 16.4. The number of aliphatic hydroxyl groups excluding tert-OH is 1. The molecule has 1 saturated carbocycles. The van der Waals surface area contributed by atoms with Gasteiger partial charge in [0.05, 0.1) is 30.4 Å². The van der Waals surface area contributed by atoms with E-state index in [4.69, 9.17) is 0 Å². The molecule has 5 rings (SSSR count). The van der Waals surface area contributed by atoms with E-state index in [-0.39, 0.29) is 24.2 Å². The van der Waals surface area contributed by atoms with Crippen LogP contribution in [0.25, 0.3) is 17.2 Å². The molecule has 0 aromatic carbocycles. The van der Waals surface area contributed by atoms with Crippen molar-refractivity contribution >= 4 is 11.7 Å². The molecule has 2 N–H and O–H groups in total. The van der Waals surface area contributed by atoms with E-state index in [2.05, 4.69) is 30.4 Å². The third-order valence-corrected chi connectivity index (χ3v) is 5.66. The quantitative estimate of drug-likeness (QED) is 0.449. The van der Waals surface area contributed by atoms with Crippen LogP contribution in [0.5, 0.6) is 0 Å². The lowest BCUT2D eigenvalue weighted by Crippen LogP contribution is -2.16. The van der Waals surface area contributed by atoms with Crippen LogP contribution < -0.4 is 5.32 Å². The van der Waals surface area contributed by atoms with Gasteiger partial charge < -0.3 is 15.0 Å². The van der Waals surface area contributed by atoms with Gasteiger partial charge in [0.1, 0.15) is 23.5 Å². The van der Waals surface area contributed by atoms with Gasteiger partial charge in [-0.05, 0) is 50.5 Å². The number of imidazole rings is 1. The highest BCUT2D eigenvalue weighted by molar-refractivity contribution is 6.02. The van der Waals surface area contributed by atoms with Crippen LogP contribution in [0.1, 0.15) is 53.5 Å². The highest BCUT2D eigenvalue weighted by atomic mass is 16.3. The van der Waals surface area contributed by atoms with E-state index in [0.29, 0.717) is 23.3 Å². The van der Waals surface area contributed by atoms with Crippen LogP contribution in [0.15, 0.2) is 49.3 Å². The summed E-state index contributed by atoms with van der Waals surface area (Å²) in [6.45, 7) is 3.71. The number of amides is 1. The average Bonchev–Trinajstić information content (AvgIpc) is 3.35. The molecule has 0 saturated heterocycles. The van der Waals surface area contributed by atoms with Crippen LogP contribution in [-0.4, -0.2) is 51.9 Å². The number of hydrogen-bond acceptors (Lipinski definition) is 7. The summed E-state index contributed by atoms with van der Waals surface area (Å²) in [5.41, 5.74) is 3.71. The minimum absolute atomic E-state index is 0.0761. The van der Waals surface area contributed by atoms with Crippen molar-refractivity contribution in [3.63, 3.8) is 0 Å². The molecule has 4 aromatic heterocycles.